The molecule has 2 aromatic carbocycles. The number of nitrogens with one attached hydrogen (secondary N) is 1. The highest BCUT2D eigenvalue weighted by atomic mass is 79.9. The van der Waals surface area contributed by atoms with Gasteiger partial charge in [0.15, 0.2) is 0 Å². The molecular formula is C18H19BrN2O2. The lowest BCUT2D eigenvalue weighted by Gasteiger charge is -2.28. The minimum atomic E-state index is -0.0322. The number of fused-ring (bicyclic) bond motifs is 1. The minimum Gasteiger partial charge on any atom is -0.491 e. The number of halogens is 1. The molecule has 0 radical (unpaired) electrons. The van der Waals surface area contributed by atoms with Crippen molar-refractivity contribution >= 4 is 22.0 Å². The van der Waals surface area contributed by atoms with Gasteiger partial charge < -0.3 is 15.0 Å². The van der Waals surface area contributed by atoms with Gasteiger partial charge in [-0.05, 0) is 45.6 Å². The summed E-state index contributed by atoms with van der Waals surface area (Å²) in [5, 5.41) is 2.92. The molecule has 0 unspecified atom stereocenters. The fraction of sp³-hybridized carbons (Fsp3) is 0.278. The highest BCUT2D eigenvalue weighted by Crippen LogP contribution is 2.23. The summed E-state index contributed by atoms with van der Waals surface area (Å²) in [5.74, 6) is 0.786. The number of rotatable bonds is 4. The highest BCUT2D eigenvalue weighted by molar-refractivity contribution is 9.10. The molecule has 0 aromatic heterocycles. The lowest BCUT2D eigenvalue weighted by molar-refractivity contribution is 0.189. The number of benzene rings is 2. The Morgan fingerprint density at radius 3 is 2.70 bits per heavy atom. The number of amides is 2. The lowest BCUT2D eigenvalue weighted by atomic mass is 10.0. The Morgan fingerprint density at radius 1 is 1.13 bits per heavy atom. The molecule has 0 spiro atoms. The Bertz CT molecular complexity index is 690. The topological polar surface area (TPSA) is 41.6 Å². The van der Waals surface area contributed by atoms with Gasteiger partial charge in [0, 0.05) is 13.1 Å². The Labute approximate surface area is 144 Å². The average Bonchev–Trinajstić information content (AvgIpc) is 2.59. The van der Waals surface area contributed by atoms with Crippen molar-refractivity contribution in [1.29, 1.82) is 0 Å². The monoisotopic (exact) mass is 374 g/mol. The molecule has 23 heavy (non-hydrogen) atoms. The summed E-state index contributed by atoms with van der Waals surface area (Å²) in [4.78, 5) is 14.1. The molecule has 5 heteroatoms. The summed E-state index contributed by atoms with van der Waals surface area (Å²) in [7, 11) is 0. The summed E-state index contributed by atoms with van der Waals surface area (Å²) in [6, 6.07) is 15.9. The van der Waals surface area contributed by atoms with E-state index < -0.39 is 0 Å². The molecule has 0 saturated carbocycles. The number of nitrogens with zero attached hydrogens (tertiary/aromatic N) is 1. The zero-order valence-corrected chi connectivity index (χ0v) is 14.4. The van der Waals surface area contributed by atoms with E-state index in [-0.39, 0.29) is 6.03 Å². The molecule has 120 valence electrons. The normalized spacial score (nSPS) is 13.3. The first-order chi connectivity index (χ1) is 11.2. The van der Waals surface area contributed by atoms with E-state index in [1.807, 2.05) is 41.3 Å². The summed E-state index contributed by atoms with van der Waals surface area (Å²) < 4.78 is 6.57. The van der Waals surface area contributed by atoms with Crippen molar-refractivity contribution in [2.75, 3.05) is 19.7 Å². The first kappa shape index (κ1) is 15.9. The van der Waals surface area contributed by atoms with Crippen LogP contribution in [-0.2, 0) is 13.0 Å². The standard InChI is InChI=1S/C18H19BrN2O2/c19-16-7-3-4-8-17(16)23-12-10-20-18(22)21-11-9-14-5-1-2-6-15(14)13-21/h1-8H,9-13H2,(H,20,22). The van der Waals surface area contributed by atoms with Crippen LogP contribution in [0, 0.1) is 0 Å². The quantitative estimate of drug-likeness (QED) is 0.830. The lowest BCUT2D eigenvalue weighted by Crippen LogP contribution is -2.43. The molecule has 2 amide bonds. The molecule has 0 bridgehead atoms. The number of carbonyl (C=O) groups excluding carboxylic acids is 1. The zero-order chi connectivity index (χ0) is 16.1. The molecule has 3 rings (SSSR count). The second-order valence-electron chi connectivity index (χ2n) is 5.45. The maximum Gasteiger partial charge on any atom is 0.317 e. The number of para-hydroxylation sites is 1. The van der Waals surface area contributed by atoms with E-state index in [0.717, 1.165) is 23.2 Å². The van der Waals surface area contributed by atoms with Gasteiger partial charge in [-0.1, -0.05) is 36.4 Å². The van der Waals surface area contributed by atoms with Crippen molar-refractivity contribution < 1.29 is 9.53 Å². The van der Waals surface area contributed by atoms with Gasteiger partial charge in [-0.15, -0.1) is 0 Å². The van der Waals surface area contributed by atoms with Crippen LogP contribution in [0.4, 0.5) is 4.79 Å². The minimum absolute atomic E-state index is 0.0322. The van der Waals surface area contributed by atoms with Crippen molar-refractivity contribution in [2.24, 2.45) is 0 Å². The summed E-state index contributed by atoms with van der Waals surface area (Å²) in [5.41, 5.74) is 2.58. The molecule has 4 nitrogen and oxygen atoms in total. The van der Waals surface area contributed by atoms with Gasteiger partial charge in [-0.3, -0.25) is 0 Å². The van der Waals surface area contributed by atoms with Gasteiger partial charge in [0.2, 0.25) is 0 Å². The summed E-state index contributed by atoms with van der Waals surface area (Å²) >= 11 is 3.43. The zero-order valence-electron chi connectivity index (χ0n) is 12.8. The third-order valence-electron chi connectivity index (χ3n) is 3.89. The van der Waals surface area contributed by atoms with Crippen LogP contribution in [-0.4, -0.2) is 30.6 Å². The van der Waals surface area contributed by atoms with Crippen LogP contribution in [0.5, 0.6) is 5.75 Å². The smallest absolute Gasteiger partial charge is 0.317 e. The van der Waals surface area contributed by atoms with Crippen molar-refractivity contribution in [3.63, 3.8) is 0 Å². The molecule has 1 heterocycles. The Hall–Kier alpha value is -2.01. The molecular weight excluding hydrogens is 356 g/mol. The molecule has 0 atom stereocenters. The van der Waals surface area contributed by atoms with E-state index in [4.69, 9.17) is 4.74 Å². The third-order valence-corrected chi connectivity index (χ3v) is 4.55. The van der Waals surface area contributed by atoms with Crippen LogP contribution in [0.3, 0.4) is 0 Å². The maximum absolute atomic E-state index is 12.2. The number of hydrogen-bond acceptors (Lipinski definition) is 2. The highest BCUT2D eigenvalue weighted by Gasteiger charge is 2.19. The van der Waals surface area contributed by atoms with Gasteiger partial charge in [0.25, 0.3) is 0 Å². The predicted molar refractivity (Wildman–Crippen MR) is 93.6 cm³/mol. The van der Waals surface area contributed by atoms with Gasteiger partial charge in [0.1, 0.15) is 12.4 Å². The summed E-state index contributed by atoms with van der Waals surface area (Å²) in [6.07, 6.45) is 0.914. The second kappa shape index (κ2) is 7.51. The first-order valence-electron chi connectivity index (χ1n) is 7.71. The van der Waals surface area contributed by atoms with E-state index in [1.165, 1.54) is 11.1 Å². The molecule has 1 aliphatic heterocycles. The maximum atomic E-state index is 12.2. The molecule has 1 N–H and O–H groups in total. The fourth-order valence-corrected chi connectivity index (χ4v) is 3.06. The van der Waals surface area contributed by atoms with Gasteiger partial charge in [-0.2, -0.15) is 0 Å². The molecule has 2 aromatic rings. The molecule has 1 aliphatic rings. The number of hydrogen-bond donors (Lipinski definition) is 1. The average molecular weight is 375 g/mol. The van der Waals surface area contributed by atoms with Crippen LogP contribution in [0.2, 0.25) is 0 Å². The van der Waals surface area contributed by atoms with Gasteiger partial charge in [0.05, 0.1) is 11.0 Å². The van der Waals surface area contributed by atoms with Crippen LogP contribution in [0.25, 0.3) is 0 Å². The van der Waals surface area contributed by atoms with Crippen molar-refractivity contribution in [1.82, 2.24) is 10.2 Å². The number of urea groups is 1. The van der Waals surface area contributed by atoms with Crippen LogP contribution in [0.1, 0.15) is 11.1 Å². The molecule has 0 aliphatic carbocycles. The van der Waals surface area contributed by atoms with Crippen molar-refractivity contribution in [3.8, 4) is 5.75 Å². The Kier molecular flexibility index (Phi) is 5.18. The first-order valence-corrected chi connectivity index (χ1v) is 8.50. The van der Waals surface area contributed by atoms with Crippen LogP contribution < -0.4 is 10.1 Å². The SMILES string of the molecule is O=C(NCCOc1ccccc1Br)N1CCc2ccccc2C1. The van der Waals surface area contributed by atoms with Crippen LogP contribution >= 0.6 is 15.9 Å². The predicted octanol–water partition coefficient (Wildman–Crippen LogP) is 3.60. The van der Waals surface area contributed by atoms with E-state index >= 15 is 0 Å². The Balaban J connectivity index is 1.45. The fourth-order valence-electron chi connectivity index (χ4n) is 2.66. The number of carbonyl (C=O) groups is 1. The summed E-state index contributed by atoms with van der Waals surface area (Å²) in [6.45, 7) is 2.36. The van der Waals surface area contributed by atoms with Crippen LogP contribution in [0.15, 0.2) is 53.0 Å². The van der Waals surface area contributed by atoms with Crippen molar-refractivity contribution in [3.05, 3.63) is 64.1 Å². The van der Waals surface area contributed by atoms with Crippen molar-refractivity contribution in [2.45, 2.75) is 13.0 Å². The molecule has 0 fully saturated rings. The van der Waals surface area contributed by atoms with Gasteiger partial charge >= 0.3 is 6.03 Å². The van der Waals surface area contributed by atoms with Gasteiger partial charge in [-0.25, -0.2) is 4.79 Å². The molecule has 0 saturated heterocycles. The Morgan fingerprint density at radius 2 is 1.87 bits per heavy atom. The van der Waals surface area contributed by atoms with E-state index in [1.54, 1.807) is 0 Å². The largest absolute Gasteiger partial charge is 0.491 e. The second-order valence-corrected chi connectivity index (χ2v) is 6.31. The van der Waals surface area contributed by atoms with E-state index in [0.29, 0.717) is 19.7 Å². The third kappa shape index (κ3) is 4.05. The number of ether oxygens (including phenoxy) is 1. The van der Waals surface area contributed by atoms with E-state index in [2.05, 4.69) is 33.4 Å². The van der Waals surface area contributed by atoms with E-state index in [9.17, 15) is 4.79 Å².